The fourth-order valence-electron chi connectivity index (χ4n) is 1.23. The molecule has 1 heterocycles. The lowest BCUT2D eigenvalue weighted by atomic mass is 10.2. The van der Waals surface area contributed by atoms with Crippen LogP contribution in [0.2, 0.25) is 0 Å². The highest BCUT2D eigenvalue weighted by Crippen LogP contribution is 2.35. The smallest absolute Gasteiger partial charge is 0.429 e. The van der Waals surface area contributed by atoms with Gasteiger partial charge in [-0.3, -0.25) is 0 Å². The van der Waals surface area contributed by atoms with E-state index in [1.165, 1.54) is 0 Å². The van der Waals surface area contributed by atoms with E-state index in [0.29, 0.717) is 22.6 Å². The van der Waals surface area contributed by atoms with Crippen LogP contribution in [0.1, 0.15) is 10.6 Å². The molecule has 2 rings (SSSR count). The van der Waals surface area contributed by atoms with Crippen molar-refractivity contribution >= 4 is 11.3 Å². The van der Waals surface area contributed by atoms with Crippen molar-refractivity contribution in [3.8, 4) is 10.9 Å². The lowest BCUT2D eigenvalue weighted by Crippen LogP contribution is -2.03. The van der Waals surface area contributed by atoms with Crippen LogP contribution in [0.25, 0.3) is 0 Å². The van der Waals surface area contributed by atoms with Gasteiger partial charge in [0.15, 0.2) is 0 Å². The van der Waals surface area contributed by atoms with Gasteiger partial charge in [0.05, 0.1) is 0 Å². The average molecular weight is 275 g/mol. The zero-order valence-corrected chi connectivity index (χ0v) is 9.76. The Balaban J connectivity index is 2.22. The number of hydrogen-bond acceptors (Lipinski definition) is 5. The first kappa shape index (κ1) is 12.8. The summed E-state index contributed by atoms with van der Waals surface area (Å²) in [6.45, 7) is 0.223. The van der Waals surface area contributed by atoms with Crippen molar-refractivity contribution in [1.29, 1.82) is 0 Å². The molecule has 0 aliphatic carbocycles. The minimum absolute atomic E-state index is 0.164. The lowest BCUT2D eigenvalue weighted by molar-refractivity contribution is -0.138. The van der Waals surface area contributed by atoms with Crippen LogP contribution >= 0.6 is 11.3 Å². The van der Waals surface area contributed by atoms with Crippen molar-refractivity contribution < 1.29 is 17.9 Å². The molecular formula is C10H8F3N3OS. The van der Waals surface area contributed by atoms with Crippen LogP contribution in [0.4, 0.5) is 13.2 Å². The zero-order valence-electron chi connectivity index (χ0n) is 8.94. The fraction of sp³-hybridized carbons (Fsp3) is 0.200. The molecule has 4 nitrogen and oxygen atoms in total. The van der Waals surface area contributed by atoms with Crippen molar-refractivity contribution in [2.24, 2.45) is 5.73 Å². The van der Waals surface area contributed by atoms with Crippen LogP contribution < -0.4 is 10.5 Å². The Morgan fingerprint density at radius 2 is 1.94 bits per heavy atom. The fourth-order valence-corrected chi connectivity index (χ4v) is 1.81. The minimum atomic E-state index is -4.51. The molecular weight excluding hydrogens is 267 g/mol. The molecule has 1 aromatic carbocycles. The monoisotopic (exact) mass is 275 g/mol. The summed E-state index contributed by atoms with van der Waals surface area (Å²) in [6.07, 6.45) is -4.51. The van der Waals surface area contributed by atoms with Gasteiger partial charge in [0.1, 0.15) is 5.75 Å². The molecule has 0 saturated carbocycles. The third-order valence-corrected chi connectivity index (χ3v) is 2.88. The van der Waals surface area contributed by atoms with E-state index < -0.39 is 11.2 Å². The second-order valence-corrected chi connectivity index (χ2v) is 4.22. The Bertz CT molecular complexity index is 541. The SMILES string of the molecule is NCc1ccccc1Oc1nnc(C(F)(F)F)s1. The number of para-hydroxylation sites is 1. The van der Waals surface area contributed by atoms with Gasteiger partial charge in [-0.15, -0.1) is 5.10 Å². The maximum absolute atomic E-state index is 12.3. The molecule has 0 aliphatic rings. The van der Waals surface area contributed by atoms with Gasteiger partial charge in [0, 0.05) is 12.1 Å². The summed E-state index contributed by atoms with van der Waals surface area (Å²) in [5.74, 6) is 0.380. The van der Waals surface area contributed by atoms with E-state index in [9.17, 15) is 13.2 Å². The third kappa shape index (κ3) is 2.77. The van der Waals surface area contributed by atoms with E-state index in [-0.39, 0.29) is 11.7 Å². The highest BCUT2D eigenvalue weighted by atomic mass is 32.1. The molecule has 0 spiro atoms. The Kier molecular flexibility index (Phi) is 3.48. The second-order valence-electron chi connectivity index (χ2n) is 3.28. The molecule has 8 heteroatoms. The van der Waals surface area contributed by atoms with Gasteiger partial charge in [0.25, 0.3) is 5.19 Å². The van der Waals surface area contributed by atoms with Gasteiger partial charge in [-0.05, 0) is 6.07 Å². The Morgan fingerprint density at radius 3 is 2.56 bits per heavy atom. The van der Waals surface area contributed by atoms with Gasteiger partial charge in [0.2, 0.25) is 5.01 Å². The largest absolute Gasteiger partial charge is 0.445 e. The Hall–Kier alpha value is -1.67. The number of rotatable bonds is 3. The molecule has 1 aromatic heterocycles. The predicted molar refractivity (Wildman–Crippen MR) is 59.3 cm³/mol. The standard InChI is InChI=1S/C10H8F3N3OS/c11-10(12,13)8-15-16-9(18-8)17-7-4-2-1-3-6(7)5-14/h1-4H,5,14H2. The Labute approximate surface area is 104 Å². The molecule has 96 valence electrons. The summed E-state index contributed by atoms with van der Waals surface area (Å²) < 4.78 is 42.2. The van der Waals surface area contributed by atoms with Crippen LogP contribution in [0, 0.1) is 0 Å². The molecule has 0 unspecified atom stereocenters. The lowest BCUT2D eigenvalue weighted by Gasteiger charge is -2.05. The molecule has 0 aliphatic heterocycles. The quantitative estimate of drug-likeness (QED) is 0.935. The van der Waals surface area contributed by atoms with Gasteiger partial charge in [-0.2, -0.15) is 13.2 Å². The van der Waals surface area contributed by atoms with Gasteiger partial charge >= 0.3 is 6.18 Å². The molecule has 0 saturated heterocycles. The molecule has 2 N–H and O–H groups in total. The van der Waals surface area contributed by atoms with Crippen molar-refractivity contribution in [1.82, 2.24) is 10.2 Å². The van der Waals surface area contributed by atoms with Crippen molar-refractivity contribution in [3.63, 3.8) is 0 Å². The topological polar surface area (TPSA) is 61.0 Å². The maximum atomic E-state index is 12.3. The van der Waals surface area contributed by atoms with Crippen LogP contribution in [0.3, 0.4) is 0 Å². The van der Waals surface area contributed by atoms with E-state index in [2.05, 4.69) is 10.2 Å². The first-order chi connectivity index (χ1) is 8.50. The van der Waals surface area contributed by atoms with Crippen molar-refractivity contribution in [2.75, 3.05) is 0 Å². The van der Waals surface area contributed by atoms with E-state index in [1.54, 1.807) is 24.3 Å². The first-order valence-corrected chi connectivity index (χ1v) is 5.69. The Morgan fingerprint density at radius 1 is 1.22 bits per heavy atom. The molecule has 0 bridgehead atoms. The number of nitrogens with zero attached hydrogens (tertiary/aromatic N) is 2. The van der Waals surface area contributed by atoms with Gasteiger partial charge in [-0.25, -0.2) is 0 Å². The zero-order chi connectivity index (χ0) is 13.2. The number of nitrogens with two attached hydrogens (primary N) is 1. The minimum Gasteiger partial charge on any atom is -0.429 e. The number of ether oxygens (including phenoxy) is 1. The van der Waals surface area contributed by atoms with Gasteiger partial charge in [-0.1, -0.05) is 34.6 Å². The molecule has 2 aromatic rings. The first-order valence-electron chi connectivity index (χ1n) is 4.87. The highest BCUT2D eigenvalue weighted by Gasteiger charge is 2.36. The number of aromatic nitrogens is 2. The molecule has 0 radical (unpaired) electrons. The average Bonchev–Trinajstić information content (AvgIpc) is 2.78. The molecule has 0 atom stereocenters. The van der Waals surface area contributed by atoms with E-state index >= 15 is 0 Å². The highest BCUT2D eigenvalue weighted by molar-refractivity contribution is 7.13. The summed E-state index contributed by atoms with van der Waals surface area (Å²) in [7, 11) is 0. The third-order valence-electron chi connectivity index (χ3n) is 2.04. The van der Waals surface area contributed by atoms with Crippen molar-refractivity contribution in [2.45, 2.75) is 12.7 Å². The maximum Gasteiger partial charge on any atom is 0.445 e. The van der Waals surface area contributed by atoms with Crippen molar-refractivity contribution in [3.05, 3.63) is 34.8 Å². The number of benzene rings is 1. The molecule has 0 fully saturated rings. The summed E-state index contributed by atoms with van der Waals surface area (Å²) in [5, 5.41) is 5.16. The van der Waals surface area contributed by atoms with Crippen LogP contribution in [-0.2, 0) is 12.7 Å². The summed E-state index contributed by atoms with van der Waals surface area (Å²) in [6, 6.07) is 6.79. The van der Waals surface area contributed by atoms with Crippen LogP contribution in [0.5, 0.6) is 10.9 Å². The number of alkyl halides is 3. The predicted octanol–water partition coefficient (Wildman–Crippen LogP) is 2.81. The van der Waals surface area contributed by atoms with E-state index in [4.69, 9.17) is 10.5 Å². The van der Waals surface area contributed by atoms with Crippen LogP contribution in [0.15, 0.2) is 24.3 Å². The second kappa shape index (κ2) is 4.91. The number of halogens is 3. The summed E-state index contributed by atoms with van der Waals surface area (Å²) in [5.41, 5.74) is 6.17. The summed E-state index contributed by atoms with van der Waals surface area (Å²) >= 11 is 0.344. The van der Waals surface area contributed by atoms with E-state index in [1.807, 2.05) is 0 Å². The van der Waals surface area contributed by atoms with Gasteiger partial charge < -0.3 is 10.5 Å². The molecule has 18 heavy (non-hydrogen) atoms. The number of hydrogen-bond donors (Lipinski definition) is 1. The summed E-state index contributed by atoms with van der Waals surface area (Å²) in [4.78, 5) is 0. The molecule has 0 amide bonds. The van der Waals surface area contributed by atoms with E-state index in [0.717, 1.165) is 0 Å². The van der Waals surface area contributed by atoms with Crippen LogP contribution in [-0.4, -0.2) is 10.2 Å². The normalized spacial score (nSPS) is 11.6.